The molecule has 0 unspecified atom stereocenters. The maximum atomic E-state index is 13.5. The van der Waals surface area contributed by atoms with E-state index in [1.54, 1.807) is 17.8 Å². The normalized spacial score (nSPS) is 11.3. The van der Waals surface area contributed by atoms with Crippen LogP contribution in [0.4, 0.5) is 4.39 Å². The number of rotatable bonds is 6. The molecule has 0 aliphatic heterocycles. The maximum Gasteiger partial charge on any atom is 0.123 e. The van der Waals surface area contributed by atoms with Crippen molar-refractivity contribution in [3.05, 3.63) is 41.3 Å². The third-order valence-electron chi connectivity index (χ3n) is 3.06. The van der Waals surface area contributed by atoms with Crippen LogP contribution in [0.5, 0.6) is 0 Å². The molecular weight excluding hydrogens is 285 g/mol. The molecular formula is C16H22FN3S. The zero-order chi connectivity index (χ0) is 15.4. The molecule has 3 nitrogen and oxygen atoms in total. The third kappa shape index (κ3) is 4.58. The smallest absolute Gasteiger partial charge is 0.123 e. The lowest BCUT2D eigenvalue weighted by Crippen LogP contribution is -2.19. The first-order valence-corrected chi connectivity index (χ1v) is 7.95. The van der Waals surface area contributed by atoms with Crippen LogP contribution in [0.1, 0.15) is 25.1 Å². The molecule has 5 heteroatoms. The van der Waals surface area contributed by atoms with Crippen molar-refractivity contribution in [1.29, 1.82) is 0 Å². The van der Waals surface area contributed by atoms with Gasteiger partial charge >= 0.3 is 0 Å². The molecule has 114 valence electrons. The van der Waals surface area contributed by atoms with Crippen molar-refractivity contribution in [3.63, 3.8) is 0 Å². The largest absolute Gasteiger partial charge is 0.312 e. The minimum absolute atomic E-state index is 0.193. The number of nitrogens with one attached hydrogen (secondary N) is 1. The Morgan fingerprint density at radius 1 is 1.33 bits per heavy atom. The summed E-state index contributed by atoms with van der Waals surface area (Å²) in [4.78, 5) is 1.07. The molecule has 0 saturated carbocycles. The van der Waals surface area contributed by atoms with E-state index in [-0.39, 0.29) is 5.82 Å². The summed E-state index contributed by atoms with van der Waals surface area (Å²) in [7, 11) is 1.93. The second-order valence-corrected chi connectivity index (χ2v) is 6.69. The number of nitrogens with zero attached hydrogens (tertiary/aromatic N) is 2. The van der Waals surface area contributed by atoms with Crippen LogP contribution in [0.25, 0.3) is 0 Å². The van der Waals surface area contributed by atoms with Gasteiger partial charge in [-0.15, -0.1) is 0 Å². The van der Waals surface area contributed by atoms with Crippen molar-refractivity contribution in [2.45, 2.75) is 37.2 Å². The van der Waals surface area contributed by atoms with Crippen molar-refractivity contribution in [2.75, 3.05) is 6.54 Å². The summed E-state index contributed by atoms with van der Waals surface area (Å²) in [6, 6.07) is 7.00. The lowest BCUT2D eigenvalue weighted by molar-refractivity contribution is 0.547. The Hall–Kier alpha value is -1.33. The van der Waals surface area contributed by atoms with Crippen LogP contribution in [-0.4, -0.2) is 16.3 Å². The molecule has 0 fully saturated rings. The van der Waals surface area contributed by atoms with Crippen molar-refractivity contribution in [2.24, 2.45) is 13.0 Å². The van der Waals surface area contributed by atoms with Gasteiger partial charge in [0.25, 0.3) is 0 Å². The molecule has 0 saturated heterocycles. The van der Waals surface area contributed by atoms with Crippen molar-refractivity contribution in [3.8, 4) is 0 Å². The number of hydrogen-bond acceptors (Lipinski definition) is 3. The van der Waals surface area contributed by atoms with Crippen LogP contribution >= 0.6 is 11.8 Å². The molecule has 0 aliphatic rings. The van der Waals surface area contributed by atoms with E-state index in [2.05, 4.69) is 24.3 Å². The van der Waals surface area contributed by atoms with Crippen LogP contribution in [0, 0.1) is 18.7 Å². The van der Waals surface area contributed by atoms with Gasteiger partial charge in [0.2, 0.25) is 0 Å². The molecule has 1 heterocycles. The first-order valence-electron chi connectivity index (χ1n) is 7.13. The first-order chi connectivity index (χ1) is 9.95. The molecule has 1 aromatic heterocycles. The summed E-state index contributed by atoms with van der Waals surface area (Å²) in [6.07, 6.45) is 0. The van der Waals surface area contributed by atoms with Crippen molar-refractivity contribution < 1.29 is 4.39 Å². The highest BCUT2D eigenvalue weighted by atomic mass is 32.2. The molecule has 0 atom stereocenters. The second-order valence-electron chi connectivity index (χ2n) is 5.63. The predicted molar refractivity (Wildman–Crippen MR) is 85.0 cm³/mol. The maximum absolute atomic E-state index is 13.5. The Kier molecular flexibility index (Phi) is 5.42. The molecule has 1 aromatic carbocycles. The van der Waals surface area contributed by atoms with E-state index in [0.29, 0.717) is 12.5 Å². The fourth-order valence-corrected chi connectivity index (χ4v) is 3.10. The van der Waals surface area contributed by atoms with Crippen molar-refractivity contribution in [1.82, 2.24) is 15.1 Å². The minimum atomic E-state index is -0.193. The predicted octanol–water partition coefficient (Wildman–Crippen LogP) is 3.76. The van der Waals surface area contributed by atoms with Gasteiger partial charge < -0.3 is 5.32 Å². The summed E-state index contributed by atoms with van der Waals surface area (Å²) in [5.41, 5.74) is 1.97. The van der Waals surface area contributed by atoms with E-state index in [1.165, 1.54) is 6.07 Å². The molecule has 0 aliphatic carbocycles. The molecule has 0 spiro atoms. The Labute approximate surface area is 129 Å². The van der Waals surface area contributed by atoms with Gasteiger partial charge in [-0.05, 0) is 49.2 Å². The average Bonchev–Trinajstić information content (AvgIpc) is 2.70. The number of aromatic nitrogens is 2. The summed E-state index contributed by atoms with van der Waals surface area (Å²) in [6.45, 7) is 7.89. The standard InChI is InChI=1S/C16H22FN3S/c1-11(2)9-18-10-13-8-14(17)5-6-15(13)21-16-7-12(3)19-20(16)4/h5-8,11,18H,9-10H2,1-4H3. The zero-order valence-electron chi connectivity index (χ0n) is 13.0. The van der Waals surface area contributed by atoms with E-state index in [0.717, 1.165) is 27.7 Å². The van der Waals surface area contributed by atoms with Crippen LogP contribution in [0.2, 0.25) is 0 Å². The fraction of sp³-hybridized carbons (Fsp3) is 0.438. The molecule has 21 heavy (non-hydrogen) atoms. The highest BCUT2D eigenvalue weighted by Gasteiger charge is 2.10. The van der Waals surface area contributed by atoms with E-state index in [1.807, 2.05) is 30.8 Å². The van der Waals surface area contributed by atoms with E-state index < -0.39 is 0 Å². The highest BCUT2D eigenvalue weighted by molar-refractivity contribution is 7.99. The SMILES string of the molecule is Cc1cc(Sc2ccc(F)cc2CNCC(C)C)n(C)n1. The van der Waals surface area contributed by atoms with Gasteiger partial charge in [0.1, 0.15) is 5.82 Å². The van der Waals surface area contributed by atoms with E-state index in [9.17, 15) is 4.39 Å². The minimum Gasteiger partial charge on any atom is -0.312 e. The number of aryl methyl sites for hydroxylation is 2. The molecule has 2 rings (SSSR count). The number of halogens is 1. The molecule has 0 amide bonds. The topological polar surface area (TPSA) is 29.9 Å². The van der Waals surface area contributed by atoms with E-state index >= 15 is 0 Å². The lowest BCUT2D eigenvalue weighted by atomic mass is 10.2. The number of hydrogen-bond donors (Lipinski definition) is 1. The summed E-state index contributed by atoms with van der Waals surface area (Å²) < 4.78 is 15.4. The van der Waals surface area contributed by atoms with Gasteiger partial charge in [-0.3, -0.25) is 4.68 Å². The van der Waals surface area contributed by atoms with Crippen LogP contribution in [-0.2, 0) is 13.6 Å². The van der Waals surface area contributed by atoms with Gasteiger partial charge in [-0.2, -0.15) is 5.10 Å². The average molecular weight is 307 g/mol. The summed E-state index contributed by atoms with van der Waals surface area (Å²) >= 11 is 1.62. The highest BCUT2D eigenvalue weighted by Crippen LogP contribution is 2.31. The quantitative estimate of drug-likeness (QED) is 0.881. The van der Waals surface area contributed by atoms with Crippen molar-refractivity contribution >= 4 is 11.8 Å². The molecule has 1 N–H and O–H groups in total. The Bertz CT molecular complexity index is 608. The summed E-state index contributed by atoms with van der Waals surface area (Å²) in [5.74, 6) is 0.385. The van der Waals surface area contributed by atoms with Gasteiger partial charge in [0.05, 0.1) is 10.7 Å². The lowest BCUT2D eigenvalue weighted by Gasteiger charge is -2.12. The Morgan fingerprint density at radius 3 is 2.71 bits per heavy atom. The monoisotopic (exact) mass is 307 g/mol. The van der Waals surface area contributed by atoms with Gasteiger partial charge in [0.15, 0.2) is 0 Å². The van der Waals surface area contributed by atoms with Gasteiger partial charge in [0, 0.05) is 18.5 Å². The van der Waals surface area contributed by atoms with Gasteiger partial charge in [-0.25, -0.2) is 4.39 Å². The third-order valence-corrected chi connectivity index (χ3v) is 4.27. The summed E-state index contributed by atoms with van der Waals surface area (Å²) in [5, 5.41) is 8.78. The number of benzene rings is 1. The van der Waals surface area contributed by atoms with Gasteiger partial charge in [-0.1, -0.05) is 25.6 Å². The fourth-order valence-electron chi connectivity index (χ4n) is 2.08. The zero-order valence-corrected chi connectivity index (χ0v) is 13.8. The molecule has 0 radical (unpaired) electrons. The van der Waals surface area contributed by atoms with Crippen LogP contribution in [0.3, 0.4) is 0 Å². The first kappa shape index (κ1) is 16.0. The molecule has 2 aromatic rings. The Balaban J connectivity index is 2.16. The molecule has 0 bridgehead atoms. The van der Waals surface area contributed by atoms with E-state index in [4.69, 9.17) is 0 Å². The Morgan fingerprint density at radius 2 is 2.10 bits per heavy atom. The second kappa shape index (κ2) is 7.09. The van der Waals surface area contributed by atoms with Crippen LogP contribution < -0.4 is 5.32 Å². The van der Waals surface area contributed by atoms with Crippen LogP contribution in [0.15, 0.2) is 34.2 Å².